The van der Waals surface area contributed by atoms with Crippen molar-refractivity contribution < 1.29 is 0 Å². The second-order valence-electron chi connectivity index (χ2n) is 14.2. The highest BCUT2D eigenvalue weighted by Gasteiger charge is 2.22. The summed E-state index contributed by atoms with van der Waals surface area (Å²) in [5, 5.41) is 9.62. The van der Waals surface area contributed by atoms with Crippen molar-refractivity contribution in [3.63, 3.8) is 0 Å². The van der Waals surface area contributed by atoms with Gasteiger partial charge in [-0.3, -0.25) is 4.57 Å². The van der Waals surface area contributed by atoms with Crippen LogP contribution in [0.2, 0.25) is 0 Å². The van der Waals surface area contributed by atoms with Gasteiger partial charge in [0.15, 0.2) is 0 Å². The van der Waals surface area contributed by atoms with E-state index in [9.17, 15) is 0 Å². The molecule has 55 heavy (non-hydrogen) atoms. The molecule has 12 rings (SSSR count). The van der Waals surface area contributed by atoms with E-state index in [0.29, 0.717) is 5.95 Å². The summed E-state index contributed by atoms with van der Waals surface area (Å²) in [4.78, 5) is 11.8. The van der Waals surface area contributed by atoms with E-state index >= 15 is 0 Å². The molecule has 4 nitrogen and oxygen atoms in total. The molecule has 0 unspecified atom stereocenters. The highest BCUT2D eigenvalue weighted by atomic mass is 32.1. The normalized spacial score (nSPS) is 12.0. The predicted octanol–water partition coefficient (Wildman–Crippen LogP) is 13.5. The van der Waals surface area contributed by atoms with Gasteiger partial charge in [-0.1, -0.05) is 127 Å². The van der Waals surface area contributed by atoms with Gasteiger partial charge in [-0.25, -0.2) is 9.97 Å². The molecule has 0 radical (unpaired) electrons. The molecule has 0 spiro atoms. The van der Waals surface area contributed by atoms with E-state index < -0.39 is 0 Å². The predicted molar refractivity (Wildman–Crippen MR) is 232 cm³/mol. The molecule has 4 heterocycles. The Morgan fingerprint density at radius 2 is 0.945 bits per heavy atom. The topological polar surface area (TPSA) is 35.6 Å². The van der Waals surface area contributed by atoms with Crippen molar-refractivity contribution in [3.8, 4) is 34.0 Å². The number of benzene rings is 8. The summed E-state index contributed by atoms with van der Waals surface area (Å²) in [7, 11) is 0. The SMILES string of the molecule is c1ccc(-c2nc(-n3c4ccccc4c4cc(-c5ccc6c(c5)c5ccccc5n6-c5ccccc5)ccc43)nc3sc4ccc5ccccc5c4c23)cc1. The van der Waals surface area contributed by atoms with Crippen LogP contribution < -0.4 is 0 Å². The van der Waals surface area contributed by atoms with Gasteiger partial charge in [-0.15, -0.1) is 11.3 Å². The lowest BCUT2D eigenvalue weighted by molar-refractivity contribution is 1.02. The summed E-state index contributed by atoms with van der Waals surface area (Å²) in [6.45, 7) is 0. The van der Waals surface area contributed by atoms with Crippen LogP contribution in [0.5, 0.6) is 0 Å². The standard InChI is InChI=1S/C50H30N4S/c1-3-14-32(15-4-1)48-47-46-36-18-8-7-13-31(36)25-28-45(46)55-49(47)52-50(51-48)54-42-22-12-10-20-38(42)40-30-34(24-27-44(40)54)33-23-26-43-39(29-33)37-19-9-11-21-41(37)53(43)35-16-5-2-6-17-35/h1-30H. The Labute approximate surface area is 319 Å². The number of aromatic nitrogens is 4. The largest absolute Gasteiger partial charge is 0.309 e. The summed E-state index contributed by atoms with van der Waals surface area (Å²) >= 11 is 1.74. The van der Waals surface area contributed by atoms with Crippen molar-refractivity contribution in [2.45, 2.75) is 0 Å². The average Bonchev–Trinajstić information content (AvgIpc) is 3.91. The first-order valence-corrected chi connectivity index (χ1v) is 19.4. The van der Waals surface area contributed by atoms with E-state index in [1.54, 1.807) is 11.3 Å². The fraction of sp³-hybridized carbons (Fsp3) is 0. The van der Waals surface area contributed by atoms with Gasteiger partial charge in [0.05, 0.1) is 27.8 Å². The summed E-state index contributed by atoms with van der Waals surface area (Å²) in [6.07, 6.45) is 0. The first-order chi connectivity index (χ1) is 27.3. The molecule has 256 valence electrons. The number of hydrogen-bond acceptors (Lipinski definition) is 3. The summed E-state index contributed by atoms with van der Waals surface area (Å²) < 4.78 is 5.83. The van der Waals surface area contributed by atoms with Gasteiger partial charge < -0.3 is 4.57 Å². The van der Waals surface area contributed by atoms with Crippen LogP contribution >= 0.6 is 11.3 Å². The second-order valence-corrected chi connectivity index (χ2v) is 15.2. The molecule has 12 aromatic rings. The van der Waals surface area contributed by atoms with Crippen molar-refractivity contribution in [2.75, 3.05) is 0 Å². The summed E-state index contributed by atoms with van der Waals surface area (Å²) in [5.74, 6) is 0.677. The van der Waals surface area contributed by atoms with Crippen LogP contribution in [0.4, 0.5) is 0 Å². The van der Waals surface area contributed by atoms with Gasteiger partial charge in [0.25, 0.3) is 0 Å². The van der Waals surface area contributed by atoms with E-state index in [4.69, 9.17) is 9.97 Å². The molecule has 8 aromatic carbocycles. The van der Waals surface area contributed by atoms with Gasteiger partial charge in [-0.2, -0.15) is 0 Å². The zero-order valence-electron chi connectivity index (χ0n) is 29.5. The minimum Gasteiger partial charge on any atom is -0.309 e. The number of thiophene rings is 1. The molecule has 5 heteroatoms. The van der Waals surface area contributed by atoms with Crippen molar-refractivity contribution in [3.05, 3.63) is 182 Å². The molecule has 0 bridgehead atoms. The quantitative estimate of drug-likeness (QED) is 0.182. The Morgan fingerprint density at radius 3 is 1.65 bits per heavy atom. The monoisotopic (exact) mass is 718 g/mol. The van der Waals surface area contributed by atoms with Crippen LogP contribution in [-0.2, 0) is 0 Å². The van der Waals surface area contributed by atoms with Crippen LogP contribution in [0.3, 0.4) is 0 Å². The Morgan fingerprint density at radius 1 is 0.382 bits per heavy atom. The fourth-order valence-electron chi connectivity index (χ4n) is 8.71. The Bertz CT molecular complexity index is 3480. The average molecular weight is 719 g/mol. The van der Waals surface area contributed by atoms with E-state index in [2.05, 4.69) is 191 Å². The molecule has 4 aromatic heterocycles. The Hall–Kier alpha value is -7.08. The van der Waals surface area contributed by atoms with Crippen molar-refractivity contribution in [1.82, 2.24) is 19.1 Å². The lowest BCUT2D eigenvalue weighted by Crippen LogP contribution is -2.02. The molecule has 0 amide bonds. The van der Waals surface area contributed by atoms with E-state index in [1.165, 1.54) is 64.6 Å². The summed E-state index contributed by atoms with van der Waals surface area (Å²) in [5.41, 5.74) is 10.1. The molecule has 0 saturated carbocycles. The van der Waals surface area contributed by atoms with Gasteiger partial charge in [-0.05, 0) is 76.5 Å². The lowest BCUT2D eigenvalue weighted by atomic mass is 10.0. The van der Waals surface area contributed by atoms with Gasteiger partial charge in [0, 0.05) is 48.3 Å². The van der Waals surface area contributed by atoms with Crippen LogP contribution in [0, 0.1) is 0 Å². The maximum atomic E-state index is 5.47. The molecule has 0 fully saturated rings. The first kappa shape index (κ1) is 30.4. The minimum absolute atomic E-state index is 0.677. The number of fused-ring (bicyclic) bond motifs is 11. The van der Waals surface area contributed by atoms with Crippen molar-refractivity contribution >= 4 is 86.0 Å². The molecule has 0 saturated heterocycles. The van der Waals surface area contributed by atoms with Gasteiger partial charge in [0.2, 0.25) is 5.95 Å². The van der Waals surface area contributed by atoms with Crippen LogP contribution in [0.1, 0.15) is 0 Å². The third-order valence-electron chi connectivity index (χ3n) is 11.2. The highest BCUT2D eigenvalue weighted by molar-refractivity contribution is 7.25. The Balaban J connectivity index is 1.08. The van der Waals surface area contributed by atoms with E-state index in [0.717, 1.165) is 38.2 Å². The number of hydrogen-bond donors (Lipinski definition) is 0. The smallest absolute Gasteiger partial charge is 0.236 e. The van der Waals surface area contributed by atoms with Crippen molar-refractivity contribution in [1.29, 1.82) is 0 Å². The van der Waals surface area contributed by atoms with E-state index in [1.807, 2.05) is 0 Å². The number of nitrogens with zero attached hydrogens (tertiary/aromatic N) is 4. The first-order valence-electron chi connectivity index (χ1n) is 18.6. The molecule has 0 aliphatic heterocycles. The van der Waals surface area contributed by atoms with Crippen LogP contribution in [-0.4, -0.2) is 19.1 Å². The molecule has 0 atom stereocenters. The second kappa shape index (κ2) is 11.7. The van der Waals surface area contributed by atoms with E-state index in [-0.39, 0.29) is 0 Å². The third-order valence-corrected chi connectivity index (χ3v) is 12.2. The maximum Gasteiger partial charge on any atom is 0.236 e. The number of para-hydroxylation sites is 3. The molecule has 0 aliphatic carbocycles. The number of rotatable bonds is 4. The van der Waals surface area contributed by atoms with Crippen molar-refractivity contribution in [2.24, 2.45) is 0 Å². The molecular formula is C50H30N4S. The summed E-state index contributed by atoms with van der Waals surface area (Å²) in [6, 6.07) is 65.3. The fourth-order valence-corrected chi connectivity index (χ4v) is 9.79. The third kappa shape index (κ3) is 4.51. The zero-order valence-corrected chi connectivity index (χ0v) is 30.3. The molecule has 0 aliphatic rings. The minimum atomic E-state index is 0.677. The van der Waals surface area contributed by atoms with Gasteiger partial charge in [0.1, 0.15) is 4.83 Å². The molecular weight excluding hydrogens is 689 g/mol. The van der Waals surface area contributed by atoms with Crippen LogP contribution in [0.15, 0.2) is 182 Å². The Kier molecular flexibility index (Phi) is 6.47. The highest BCUT2D eigenvalue weighted by Crippen LogP contribution is 2.43. The zero-order chi connectivity index (χ0) is 36.0. The lowest BCUT2D eigenvalue weighted by Gasteiger charge is -2.11. The maximum absolute atomic E-state index is 5.47. The molecule has 0 N–H and O–H groups in total. The van der Waals surface area contributed by atoms with Gasteiger partial charge >= 0.3 is 0 Å². The van der Waals surface area contributed by atoms with Crippen LogP contribution in [0.25, 0.3) is 109 Å².